The number of benzene rings is 1. The molecule has 0 aromatic heterocycles. The Morgan fingerprint density at radius 1 is 1.36 bits per heavy atom. The van der Waals surface area contributed by atoms with Gasteiger partial charge in [0.2, 0.25) is 0 Å². The van der Waals surface area contributed by atoms with Crippen LogP contribution in [0.15, 0.2) is 30.3 Å². The van der Waals surface area contributed by atoms with Crippen LogP contribution in [0.2, 0.25) is 0 Å². The van der Waals surface area contributed by atoms with Crippen molar-refractivity contribution in [2.75, 3.05) is 7.11 Å². The minimum Gasteiger partial charge on any atom is -0.380 e. The monoisotopic (exact) mass is 193 g/mol. The minimum absolute atomic E-state index is 0.0834. The number of carbonyl (C=O) groups is 1. The highest BCUT2D eigenvalue weighted by atomic mass is 16.5. The molecule has 0 spiro atoms. The van der Waals surface area contributed by atoms with Crippen molar-refractivity contribution < 1.29 is 9.53 Å². The molecule has 1 aromatic carbocycles. The molecule has 1 rings (SSSR count). The van der Waals surface area contributed by atoms with Crippen LogP contribution in [0, 0.1) is 0 Å². The summed E-state index contributed by atoms with van der Waals surface area (Å²) in [5.74, 6) is -0.0834. The largest absolute Gasteiger partial charge is 0.380 e. The van der Waals surface area contributed by atoms with Crippen molar-refractivity contribution >= 4 is 5.78 Å². The number of nitrogens with two attached hydrogens (primary N) is 1. The SMILES string of the molecule is CO[C@@H](C)[C@@H](N)C(=O)c1ccccc1. The van der Waals surface area contributed by atoms with Gasteiger partial charge in [0.1, 0.15) is 0 Å². The van der Waals surface area contributed by atoms with Gasteiger partial charge in [0.05, 0.1) is 12.1 Å². The number of ether oxygens (including phenoxy) is 1. The van der Waals surface area contributed by atoms with Gasteiger partial charge in [-0.05, 0) is 6.92 Å². The fourth-order valence-electron chi connectivity index (χ4n) is 1.15. The lowest BCUT2D eigenvalue weighted by molar-refractivity contribution is 0.0705. The molecule has 0 saturated heterocycles. The van der Waals surface area contributed by atoms with Crippen molar-refractivity contribution in [1.29, 1.82) is 0 Å². The van der Waals surface area contributed by atoms with Crippen molar-refractivity contribution in [3.63, 3.8) is 0 Å². The van der Waals surface area contributed by atoms with Gasteiger partial charge in [-0.3, -0.25) is 4.79 Å². The van der Waals surface area contributed by atoms with E-state index in [1.165, 1.54) is 0 Å². The molecule has 14 heavy (non-hydrogen) atoms. The Balaban J connectivity index is 2.76. The van der Waals surface area contributed by atoms with Crippen LogP contribution in [0.25, 0.3) is 0 Å². The van der Waals surface area contributed by atoms with E-state index in [-0.39, 0.29) is 11.9 Å². The lowest BCUT2D eigenvalue weighted by Crippen LogP contribution is -2.41. The molecule has 0 unspecified atom stereocenters. The molecule has 0 aliphatic heterocycles. The molecular formula is C11H15NO2. The quantitative estimate of drug-likeness (QED) is 0.732. The van der Waals surface area contributed by atoms with Gasteiger partial charge in [-0.2, -0.15) is 0 Å². The molecular weight excluding hydrogens is 178 g/mol. The molecule has 2 N–H and O–H groups in total. The molecule has 76 valence electrons. The summed E-state index contributed by atoms with van der Waals surface area (Å²) in [7, 11) is 1.54. The Hall–Kier alpha value is -1.19. The van der Waals surface area contributed by atoms with Crippen LogP contribution >= 0.6 is 0 Å². The van der Waals surface area contributed by atoms with E-state index in [0.29, 0.717) is 5.56 Å². The van der Waals surface area contributed by atoms with Crippen LogP contribution in [0.4, 0.5) is 0 Å². The van der Waals surface area contributed by atoms with E-state index in [4.69, 9.17) is 10.5 Å². The fourth-order valence-corrected chi connectivity index (χ4v) is 1.15. The molecule has 0 radical (unpaired) electrons. The summed E-state index contributed by atoms with van der Waals surface area (Å²) in [6.45, 7) is 1.78. The van der Waals surface area contributed by atoms with E-state index in [9.17, 15) is 4.79 Å². The van der Waals surface area contributed by atoms with Crippen LogP contribution in [-0.2, 0) is 4.74 Å². The number of carbonyl (C=O) groups excluding carboxylic acids is 1. The number of hydrogen-bond acceptors (Lipinski definition) is 3. The van der Waals surface area contributed by atoms with E-state index in [0.717, 1.165) is 0 Å². The minimum atomic E-state index is -0.595. The summed E-state index contributed by atoms with van der Waals surface area (Å²) in [5, 5.41) is 0. The molecule has 1 aromatic rings. The normalized spacial score (nSPS) is 14.8. The highest BCUT2D eigenvalue weighted by Gasteiger charge is 2.21. The third-order valence-electron chi connectivity index (χ3n) is 2.24. The van der Waals surface area contributed by atoms with Crippen molar-refractivity contribution in [2.45, 2.75) is 19.1 Å². The summed E-state index contributed by atoms with van der Waals surface area (Å²) in [6.07, 6.45) is -0.261. The van der Waals surface area contributed by atoms with Crippen molar-refractivity contribution in [1.82, 2.24) is 0 Å². The Kier molecular flexibility index (Phi) is 3.80. The number of hydrogen-bond donors (Lipinski definition) is 1. The second-order valence-electron chi connectivity index (χ2n) is 3.20. The number of Topliss-reactive ketones (excluding diaryl/α,β-unsaturated/α-hetero) is 1. The van der Waals surface area contributed by atoms with E-state index in [2.05, 4.69) is 0 Å². The standard InChI is InChI=1S/C11H15NO2/c1-8(14-2)10(12)11(13)9-6-4-3-5-7-9/h3-8,10H,12H2,1-2H3/t8-,10+/m0/s1. The zero-order valence-electron chi connectivity index (χ0n) is 8.44. The molecule has 0 amide bonds. The summed E-state index contributed by atoms with van der Waals surface area (Å²) in [5.41, 5.74) is 6.36. The van der Waals surface area contributed by atoms with E-state index in [1.54, 1.807) is 26.2 Å². The van der Waals surface area contributed by atoms with Crippen molar-refractivity contribution in [2.24, 2.45) is 5.73 Å². The first-order valence-electron chi connectivity index (χ1n) is 4.54. The summed E-state index contributed by atoms with van der Waals surface area (Å²) >= 11 is 0. The Labute approximate surface area is 83.9 Å². The third-order valence-corrected chi connectivity index (χ3v) is 2.24. The van der Waals surface area contributed by atoms with Crippen LogP contribution in [0.3, 0.4) is 0 Å². The van der Waals surface area contributed by atoms with Gasteiger partial charge >= 0.3 is 0 Å². The lowest BCUT2D eigenvalue weighted by Gasteiger charge is -2.16. The maximum absolute atomic E-state index is 11.7. The Morgan fingerprint density at radius 3 is 2.43 bits per heavy atom. The average molecular weight is 193 g/mol. The Bertz CT molecular complexity index is 297. The van der Waals surface area contributed by atoms with Gasteiger partial charge in [0, 0.05) is 12.7 Å². The topological polar surface area (TPSA) is 52.3 Å². The Morgan fingerprint density at radius 2 is 1.93 bits per heavy atom. The van der Waals surface area contributed by atoms with Crippen LogP contribution in [0.1, 0.15) is 17.3 Å². The van der Waals surface area contributed by atoms with Crippen molar-refractivity contribution in [3.05, 3.63) is 35.9 Å². The van der Waals surface area contributed by atoms with E-state index >= 15 is 0 Å². The molecule has 0 aliphatic carbocycles. The van der Waals surface area contributed by atoms with Crippen LogP contribution in [0.5, 0.6) is 0 Å². The molecule has 0 fully saturated rings. The summed E-state index contributed by atoms with van der Waals surface area (Å²) in [6, 6.07) is 8.41. The first-order valence-corrected chi connectivity index (χ1v) is 4.54. The predicted molar refractivity (Wildman–Crippen MR) is 55.2 cm³/mol. The molecule has 3 heteroatoms. The first-order chi connectivity index (χ1) is 6.66. The molecule has 2 atom stereocenters. The number of ketones is 1. The highest BCUT2D eigenvalue weighted by molar-refractivity contribution is 6.00. The van der Waals surface area contributed by atoms with Gasteiger partial charge in [-0.25, -0.2) is 0 Å². The second kappa shape index (κ2) is 4.88. The van der Waals surface area contributed by atoms with Crippen molar-refractivity contribution in [3.8, 4) is 0 Å². The van der Waals surface area contributed by atoms with E-state index in [1.807, 2.05) is 18.2 Å². The van der Waals surface area contributed by atoms with E-state index < -0.39 is 6.04 Å². The number of methoxy groups -OCH3 is 1. The zero-order valence-corrected chi connectivity index (χ0v) is 8.44. The molecule has 3 nitrogen and oxygen atoms in total. The van der Waals surface area contributed by atoms with Gasteiger partial charge in [-0.15, -0.1) is 0 Å². The third kappa shape index (κ3) is 2.40. The lowest BCUT2D eigenvalue weighted by atomic mass is 10.0. The van der Waals surface area contributed by atoms with Crippen LogP contribution < -0.4 is 5.73 Å². The molecule has 0 saturated carbocycles. The second-order valence-corrected chi connectivity index (χ2v) is 3.20. The average Bonchev–Trinajstić information content (AvgIpc) is 2.27. The molecule has 0 heterocycles. The maximum Gasteiger partial charge on any atom is 0.182 e. The predicted octanol–water partition coefficient (Wildman–Crippen LogP) is 1.23. The summed E-state index contributed by atoms with van der Waals surface area (Å²) < 4.78 is 5.01. The molecule has 0 bridgehead atoms. The van der Waals surface area contributed by atoms with Gasteiger partial charge in [0.25, 0.3) is 0 Å². The highest BCUT2D eigenvalue weighted by Crippen LogP contribution is 2.06. The molecule has 0 aliphatic rings. The zero-order chi connectivity index (χ0) is 10.6. The van der Waals surface area contributed by atoms with Gasteiger partial charge < -0.3 is 10.5 Å². The number of rotatable bonds is 4. The van der Waals surface area contributed by atoms with Crippen LogP contribution in [-0.4, -0.2) is 25.0 Å². The smallest absolute Gasteiger partial charge is 0.182 e. The van der Waals surface area contributed by atoms with Gasteiger partial charge in [0.15, 0.2) is 5.78 Å². The van der Waals surface area contributed by atoms with Gasteiger partial charge in [-0.1, -0.05) is 30.3 Å². The first kappa shape index (κ1) is 10.9. The maximum atomic E-state index is 11.7. The summed E-state index contributed by atoms with van der Waals surface area (Å²) in [4.78, 5) is 11.7. The fraction of sp³-hybridized carbons (Fsp3) is 0.364.